The molecule has 5 nitrogen and oxygen atoms in total. The first-order valence-corrected chi connectivity index (χ1v) is 8.26. The van der Waals surface area contributed by atoms with Gasteiger partial charge in [-0.05, 0) is 25.5 Å². The molecule has 0 bridgehead atoms. The predicted octanol–water partition coefficient (Wildman–Crippen LogP) is 1.41. The van der Waals surface area contributed by atoms with E-state index in [1.807, 2.05) is 13.2 Å². The number of aromatic nitrogens is 3. The summed E-state index contributed by atoms with van der Waals surface area (Å²) in [5.74, 6) is 2.24. The van der Waals surface area contributed by atoms with E-state index < -0.39 is 0 Å². The molecule has 19 heavy (non-hydrogen) atoms. The molecule has 0 aliphatic carbocycles. The van der Waals surface area contributed by atoms with Crippen molar-refractivity contribution in [2.24, 2.45) is 0 Å². The van der Waals surface area contributed by atoms with Crippen molar-refractivity contribution in [2.45, 2.75) is 50.8 Å². The molecule has 1 amide bonds. The van der Waals surface area contributed by atoms with Gasteiger partial charge in [-0.2, -0.15) is 11.8 Å². The molecule has 0 unspecified atom stereocenters. The normalized spacial score (nSPS) is 15.9. The Bertz CT molecular complexity index is 428. The number of nitrogens with zero attached hydrogens (tertiary/aromatic N) is 3. The molecule has 1 aromatic heterocycles. The highest BCUT2D eigenvalue weighted by Crippen LogP contribution is 2.14. The van der Waals surface area contributed by atoms with Gasteiger partial charge in [0, 0.05) is 25.9 Å². The van der Waals surface area contributed by atoms with E-state index in [1.54, 1.807) is 11.8 Å². The van der Waals surface area contributed by atoms with Gasteiger partial charge in [0.05, 0.1) is 5.25 Å². The lowest BCUT2D eigenvalue weighted by Crippen LogP contribution is -2.34. The maximum atomic E-state index is 11.8. The largest absolute Gasteiger partial charge is 0.355 e. The van der Waals surface area contributed by atoms with Gasteiger partial charge in [-0.3, -0.25) is 4.79 Å². The second-order valence-electron chi connectivity index (χ2n) is 4.81. The van der Waals surface area contributed by atoms with E-state index in [9.17, 15) is 4.79 Å². The van der Waals surface area contributed by atoms with Crippen LogP contribution in [0.2, 0.25) is 0 Å². The van der Waals surface area contributed by atoms with Crippen molar-refractivity contribution >= 4 is 17.7 Å². The third kappa shape index (κ3) is 3.49. The molecule has 0 saturated heterocycles. The minimum absolute atomic E-state index is 0.0623. The van der Waals surface area contributed by atoms with Crippen LogP contribution in [-0.4, -0.2) is 38.7 Å². The van der Waals surface area contributed by atoms with Crippen LogP contribution in [0.25, 0.3) is 0 Å². The van der Waals surface area contributed by atoms with Gasteiger partial charge in [0.25, 0.3) is 0 Å². The molecule has 0 fully saturated rings. The van der Waals surface area contributed by atoms with Crippen LogP contribution >= 0.6 is 11.8 Å². The Hall–Kier alpha value is -1.04. The van der Waals surface area contributed by atoms with Crippen LogP contribution in [0.3, 0.4) is 0 Å². The van der Waals surface area contributed by atoms with Crippen LogP contribution in [0.4, 0.5) is 0 Å². The zero-order valence-electron chi connectivity index (χ0n) is 11.7. The van der Waals surface area contributed by atoms with Crippen molar-refractivity contribution in [2.75, 3.05) is 12.8 Å². The molecule has 106 valence electrons. The van der Waals surface area contributed by atoms with Crippen LogP contribution < -0.4 is 5.32 Å². The fraction of sp³-hybridized carbons (Fsp3) is 0.769. The first kappa shape index (κ1) is 14.4. The quantitative estimate of drug-likeness (QED) is 0.857. The van der Waals surface area contributed by atoms with Crippen LogP contribution in [0.15, 0.2) is 0 Å². The third-order valence-corrected chi connectivity index (χ3v) is 4.65. The summed E-state index contributed by atoms with van der Waals surface area (Å²) in [4.78, 5) is 11.8. The highest BCUT2D eigenvalue weighted by Gasteiger charge is 2.17. The Morgan fingerprint density at radius 2 is 2.32 bits per heavy atom. The zero-order chi connectivity index (χ0) is 13.7. The number of fused-ring (bicyclic) bond motifs is 1. The van der Waals surface area contributed by atoms with E-state index in [2.05, 4.69) is 20.1 Å². The fourth-order valence-electron chi connectivity index (χ4n) is 2.42. The number of hydrogen-bond acceptors (Lipinski definition) is 4. The average Bonchev–Trinajstić information content (AvgIpc) is 2.84. The number of amides is 1. The molecule has 1 aliphatic rings. The number of rotatable bonds is 6. The Morgan fingerprint density at radius 3 is 3.05 bits per heavy atom. The lowest BCUT2D eigenvalue weighted by atomic mass is 10.1. The minimum atomic E-state index is 0.0623. The zero-order valence-corrected chi connectivity index (χ0v) is 12.5. The van der Waals surface area contributed by atoms with Crippen molar-refractivity contribution in [1.29, 1.82) is 0 Å². The van der Waals surface area contributed by atoms with Crippen LogP contribution in [0.5, 0.6) is 0 Å². The molecule has 2 heterocycles. The SMILES string of the molecule is CC[C@@H](SC)C(=O)NCCc1nnc2n1CCCC2. The summed E-state index contributed by atoms with van der Waals surface area (Å²) in [5, 5.41) is 11.5. The summed E-state index contributed by atoms with van der Waals surface area (Å²) < 4.78 is 2.21. The van der Waals surface area contributed by atoms with Crippen LogP contribution in [-0.2, 0) is 24.2 Å². The van der Waals surface area contributed by atoms with Crippen molar-refractivity contribution < 1.29 is 4.79 Å². The number of thioether (sulfide) groups is 1. The Morgan fingerprint density at radius 1 is 1.47 bits per heavy atom. The molecule has 1 atom stereocenters. The summed E-state index contributed by atoms with van der Waals surface area (Å²) >= 11 is 1.60. The van der Waals surface area contributed by atoms with Gasteiger partial charge in [-0.25, -0.2) is 0 Å². The molecule has 1 aromatic rings. The lowest BCUT2D eigenvalue weighted by Gasteiger charge is -2.15. The molecule has 2 rings (SSSR count). The van der Waals surface area contributed by atoms with Crippen molar-refractivity contribution in [3.8, 4) is 0 Å². The van der Waals surface area contributed by atoms with E-state index in [1.165, 1.54) is 12.8 Å². The third-order valence-electron chi connectivity index (χ3n) is 3.53. The van der Waals surface area contributed by atoms with E-state index in [0.717, 1.165) is 37.5 Å². The van der Waals surface area contributed by atoms with E-state index in [0.29, 0.717) is 6.54 Å². The Labute approximate surface area is 118 Å². The minimum Gasteiger partial charge on any atom is -0.355 e. The molecule has 1 aliphatic heterocycles. The number of nitrogens with one attached hydrogen (secondary N) is 1. The second-order valence-corrected chi connectivity index (χ2v) is 5.86. The van der Waals surface area contributed by atoms with E-state index in [-0.39, 0.29) is 11.2 Å². The Kier molecular flexibility index (Phi) is 5.24. The van der Waals surface area contributed by atoms with Gasteiger partial charge in [0.15, 0.2) is 0 Å². The summed E-state index contributed by atoms with van der Waals surface area (Å²) in [6.07, 6.45) is 7.05. The molecule has 0 aromatic carbocycles. The number of aryl methyl sites for hydroxylation is 1. The summed E-state index contributed by atoms with van der Waals surface area (Å²) in [6.45, 7) is 3.71. The van der Waals surface area contributed by atoms with Gasteiger partial charge in [-0.15, -0.1) is 10.2 Å². The molecule has 0 saturated carbocycles. The maximum Gasteiger partial charge on any atom is 0.233 e. The standard InChI is InChI=1S/C13H22N4OS/c1-3-10(19-2)13(18)14-8-7-12-16-15-11-6-4-5-9-17(11)12/h10H,3-9H2,1-2H3,(H,14,18)/t10-/m1/s1. The van der Waals surface area contributed by atoms with Gasteiger partial charge < -0.3 is 9.88 Å². The predicted molar refractivity (Wildman–Crippen MR) is 77.3 cm³/mol. The van der Waals surface area contributed by atoms with Gasteiger partial charge in [0.1, 0.15) is 11.6 Å². The summed E-state index contributed by atoms with van der Waals surface area (Å²) in [6, 6.07) is 0. The molecule has 0 spiro atoms. The first-order valence-electron chi connectivity index (χ1n) is 6.97. The van der Waals surface area contributed by atoms with E-state index >= 15 is 0 Å². The Balaban J connectivity index is 1.83. The van der Waals surface area contributed by atoms with Crippen LogP contribution in [0.1, 0.15) is 37.8 Å². The maximum absolute atomic E-state index is 11.8. The molecule has 6 heteroatoms. The smallest absolute Gasteiger partial charge is 0.233 e. The van der Waals surface area contributed by atoms with Crippen molar-refractivity contribution in [1.82, 2.24) is 20.1 Å². The van der Waals surface area contributed by atoms with Crippen LogP contribution in [0, 0.1) is 0 Å². The monoisotopic (exact) mass is 282 g/mol. The fourth-order valence-corrected chi connectivity index (χ4v) is 3.05. The van der Waals surface area contributed by atoms with Gasteiger partial charge in [0.2, 0.25) is 5.91 Å². The van der Waals surface area contributed by atoms with Crippen molar-refractivity contribution in [3.63, 3.8) is 0 Å². The van der Waals surface area contributed by atoms with Gasteiger partial charge in [-0.1, -0.05) is 6.92 Å². The van der Waals surface area contributed by atoms with Gasteiger partial charge >= 0.3 is 0 Å². The van der Waals surface area contributed by atoms with Crippen molar-refractivity contribution in [3.05, 3.63) is 11.6 Å². The highest BCUT2D eigenvalue weighted by atomic mass is 32.2. The second kappa shape index (κ2) is 6.93. The summed E-state index contributed by atoms with van der Waals surface area (Å²) in [7, 11) is 0. The number of hydrogen-bond donors (Lipinski definition) is 1. The molecule has 1 N–H and O–H groups in total. The molecule has 0 radical (unpaired) electrons. The topological polar surface area (TPSA) is 59.8 Å². The van der Waals surface area contributed by atoms with E-state index in [4.69, 9.17) is 0 Å². The first-order chi connectivity index (χ1) is 9.26. The number of carbonyl (C=O) groups excluding carboxylic acids is 1. The molecular formula is C13H22N4OS. The lowest BCUT2D eigenvalue weighted by molar-refractivity contribution is -0.120. The summed E-state index contributed by atoms with van der Waals surface area (Å²) in [5.41, 5.74) is 0. The molecular weight excluding hydrogens is 260 g/mol. The number of carbonyl (C=O) groups is 1. The highest BCUT2D eigenvalue weighted by molar-refractivity contribution is 7.99. The average molecular weight is 282 g/mol.